The fourth-order valence-corrected chi connectivity index (χ4v) is 2.97. The van der Waals surface area contributed by atoms with Crippen molar-refractivity contribution < 1.29 is 9.53 Å². The zero-order chi connectivity index (χ0) is 17.1. The number of halogens is 2. The molecule has 0 spiro atoms. The molecule has 2 aromatic rings. The fraction of sp³-hybridized carbons (Fsp3) is 0.294. The molecule has 1 aromatic heterocycles. The first-order chi connectivity index (χ1) is 11.6. The van der Waals surface area contributed by atoms with Gasteiger partial charge in [0.05, 0.1) is 10.6 Å². The SMILES string of the molecule is NC[C@H]1CCN(C(=O)c2ccc(Oc3cccc(Cl)c3Cl)nc2)C1. The quantitative estimate of drug-likeness (QED) is 0.898. The number of rotatable bonds is 4. The summed E-state index contributed by atoms with van der Waals surface area (Å²) in [6.07, 6.45) is 2.45. The number of carbonyl (C=O) groups is 1. The van der Waals surface area contributed by atoms with E-state index < -0.39 is 0 Å². The molecule has 7 heteroatoms. The molecule has 1 atom stereocenters. The number of ether oxygens (including phenoxy) is 1. The van der Waals surface area contributed by atoms with Crippen LogP contribution >= 0.6 is 23.2 Å². The molecule has 0 unspecified atom stereocenters. The maximum absolute atomic E-state index is 12.4. The highest BCUT2D eigenvalue weighted by Crippen LogP contribution is 2.34. The summed E-state index contributed by atoms with van der Waals surface area (Å²) in [4.78, 5) is 18.4. The van der Waals surface area contributed by atoms with Crippen LogP contribution in [0, 0.1) is 5.92 Å². The number of nitrogens with two attached hydrogens (primary N) is 1. The van der Waals surface area contributed by atoms with E-state index in [1.54, 1.807) is 30.3 Å². The monoisotopic (exact) mass is 365 g/mol. The van der Waals surface area contributed by atoms with Crippen LogP contribution in [0.4, 0.5) is 0 Å². The van der Waals surface area contributed by atoms with Crippen molar-refractivity contribution in [2.75, 3.05) is 19.6 Å². The molecule has 126 valence electrons. The second-order valence-electron chi connectivity index (χ2n) is 5.68. The zero-order valence-corrected chi connectivity index (χ0v) is 14.4. The molecule has 1 aliphatic rings. The maximum atomic E-state index is 12.4. The van der Waals surface area contributed by atoms with Crippen LogP contribution in [-0.4, -0.2) is 35.4 Å². The van der Waals surface area contributed by atoms with Crippen molar-refractivity contribution in [1.29, 1.82) is 0 Å². The topological polar surface area (TPSA) is 68.5 Å². The van der Waals surface area contributed by atoms with Crippen LogP contribution in [-0.2, 0) is 0 Å². The van der Waals surface area contributed by atoms with E-state index in [-0.39, 0.29) is 5.91 Å². The van der Waals surface area contributed by atoms with Crippen LogP contribution in [0.15, 0.2) is 36.5 Å². The van der Waals surface area contributed by atoms with E-state index in [1.165, 1.54) is 6.20 Å². The van der Waals surface area contributed by atoms with Gasteiger partial charge in [0, 0.05) is 25.4 Å². The fourth-order valence-electron chi connectivity index (χ4n) is 2.63. The van der Waals surface area contributed by atoms with Crippen molar-refractivity contribution >= 4 is 29.1 Å². The second-order valence-corrected chi connectivity index (χ2v) is 6.47. The van der Waals surface area contributed by atoms with Crippen molar-refractivity contribution in [3.05, 3.63) is 52.1 Å². The van der Waals surface area contributed by atoms with E-state index in [0.717, 1.165) is 13.0 Å². The van der Waals surface area contributed by atoms with Gasteiger partial charge in [-0.1, -0.05) is 29.3 Å². The molecular formula is C17H17Cl2N3O2. The third kappa shape index (κ3) is 3.64. The van der Waals surface area contributed by atoms with Gasteiger partial charge in [0.25, 0.3) is 5.91 Å². The number of aromatic nitrogens is 1. The minimum absolute atomic E-state index is 0.0363. The van der Waals surface area contributed by atoms with Crippen LogP contribution in [0.1, 0.15) is 16.8 Å². The average Bonchev–Trinajstić information content (AvgIpc) is 3.08. The van der Waals surface area contributed by atoms with Gasteiger partial charge in [-0.3, -0.25) is 4.79 Å². The summed E-state index contributed by atoms with van der Waals surface area (Å²) in [5.74, 6) is 1.11. The molecule has 5 nitrogen and oxygen atoms in total. The van der Waals surface area contributed by atoms with Crippen LogP contribution < -0.4 is 10.5 Å². The number of hydrogen-bond acceptors (Lipinski definition) is 4. The minimum atomic E-state index is -0.0363. The van der Waals surface area contributed by atoms with Crippen LogP contribution in [0.5, 0.6) is 11.6 Å². The molecular weight excluding hydrogens is 349 g/mol. The Bertz CT molecular complexity index is 737. The molecule has 1 fully saturated rings. The van der Waals surface area contributed by atoms with Crippen molar-refractivity contribution in [3.8, 4) is 11.6 Å². The van der Waals surface area contributed by atoms with Crippen molar-refractivity contribution in [2.45, 2.75) is 6.42 Å². The summed E-state index contributed by atoms with van der Waals surface area (Å²) in [6, 6.07) is 8.45. The number of amides is 1. The average molecular weight is 366 g/mol. The molecule has 24 heavy (non-hydrogen) atoms. The molecule has 0 radical (unpaired) electrons. The number of likely N-dealkylation sites (tertiary alicyclic amines) is 1. The second kappa shape index (κ2) is 7.38. The summed E-state index contributed by atoms with van der Waals surface area (Å²) in [6.45, 7) is 2.04. The molecule has 2 N–H and O–H groups in total. The molecule has 0 saturated carbocycles. The Kier molecular flexibility index (Phi) is 5.23. The summed E-state index contributed by atoms with van der Waals surface area (Å²) in [5, 5.41) is 0.732. The van der Waals surface area contributed by atoms with Crippen molar-refractivity contribution in [3.63, 3.8) is 0 Å². The molecule has 3 rings (SSSR count). The predicted octanol–water partition coefficient (Wildman–Crippen LogP) is 3.60. The van der Waals surface area contributed by atoms with E-state index in [1.807, 2.05) is 4.90 Å². The lowest BCUT2D eigenvalue weighted by Gasteiger charge is -2.16. The Morgan fingerprint density at radius 1 is 1.33 bits per heavy atom. The maximum Gasteiger partial charge on any atom is 0.255 e. The number of carbonyl (C=O) groups excluding carboxylic acids is 1. The van der Waals surface area contributed by atoms with E-state index in [4.69, 9.17) is 33.7 Å². The minimum Gasteiger partial charge on any atom is -0.437 e. The Hall–Kier alpha value is -1.82. The van der Waals surface area contributed by atoms with Crippen LogP contribution in [0.25, 0.3) is 0 Å². The zero-order valence-electron chi connectivity index (χ0n) is 12.9. The van der Waals surface area contributed by atoms with E-state index in [0.29, 0.717) is 46.2 Å². The van der Waals surface area contributed by atoms with Crippen molar-refractivity contribution in [2.24, 2.45) is 11.7 Å². The molecule has 1 aromatic carbocycles. The molecule has 1 aliphatic heterocycles. The highest BCUT2D eigenvalue weighted by atomic mass is 35.5. The lowest BCUT2D eigenvalue weighted by molar-refractivity contribution is 0.0787. The Morgan fingerprint density at radius 3 is 2.83 bits per heavy atom. The summed E-state index contributed by atoms with van der Waals surface area (Å²) in [5.41, 5.74) is 6.19. The molecule has 2 heterocycles. The van der Waals surface area contributed by atoms with Gasteiger partial charge in [-0.15, -0.1) is 0 Å². The number of nitrogens with zero attached hydrogens (tertiary/aromatic N) is 2. The summed E-state index contributed by atoms with van der Waals surface area (Å²) >= 11 is 12.0. The first-order valence-electron chi connectivity index (χ1n) is 7.65. The van der Waals surface area contributed by atoms with Crippen molar-refractivity contribution in [1.82, 2.24) is 9.88 Å². The lowest BCUT2D eigenvalue weighted by atomic mass is 10.1. The third-order valence-corrected chi connectivity index (χ3v) is 4.82. The van der Waals surface area contributed by atoms with Gasteiger partial charge in [0.2, 0.25) is 5.88 Å². The number of hydrogen-bond donors (Lipinski definition) is 1. The van der Waals surface area contributed by atoms with Gasteiger partial charge in [-0.25, -0.2) is 4.98 Å². The first-order valence-corrected chi connectivity index (χ1v) is 8.41. The molecule has 1 saturated heterocycles. The Balaban J connectivity index is 1.69. The Labute approximate surface area is 150 Å². The number of benzene rings is 1. The number of pyridine rings is 1. The summed E-state index contributed by atoms with van der Waals surface area (Å²) in [7, 11) is 0. The van der Waals surface area contributed by atoms with Gasteiger partial charge < -0.3 is 15.4 Å². The van der Waals surface area contributed by atoms with Gasteiger partial charge in [0.1, 0.15) is 10.8 Å². The van der Waals surface area contributed by atoms with Crippen LogP contribution in [0.3, 0.4) is 0 Å². The van der Waals surface area contributed by atoms with Gasteiger partial charge in [0.15, 0.2) is 0 Å². The largest absolute Gasteiger partial charge is 0.437 e. The molecule has 0 bridgehead atoms. The summed E-state index contributed by atoms with van der Waals surface area (Å²) < 4.78 is 5.62. The smallest absolute Gasteiger partial charge is 0.255 e. The predicted molar refractivity (Wildman–Crippen MR) is 93.8 cm³/mol. The molecule has 1 amide bonds. The van der Waals surface area contributed by atoms with E-state index >= 15 is 0 Å². The van der Waals surface area contributed by atoms with Gasteiger partial charge in [-0.2, -0.15) is 0 Å². The Morgan fingerprint density at radius 2 is 2.17 bits per heavy atom. The van der Waals surface area contributed by atoms with Gasteiger partial charge >= 0.3 is 0 Å². The van der Waals surface area contributed by atoms with E-state index in [9.17, 15) is 4.79 Å². The van der Waals surface area contributed by atoms with E-state index in [2.05, 4.69) is 4.98 Å². The standard InChI is InChI=1S/C17H17Cl2N3O2/c18-13-2-1-3-14(16(13)19)24-15-5-4-12(9-21-15)17(23)22-7-6-11(8-20)10-22/h1-5,9,11H,6-8,10,20H2/t11-/m1/s1. The lowest BCUT2D eigenvalue weighted by Crippen LogP contribution is -2.29. The molecule has 0 aliphatic carbocycles. The normalized spacial score (nSPS) is 17.1. The highest BCUT2D eigenvalue weighted by molar-refractivity contribution is 6.42. The van der Waals surface area contributed by atoms with Gasteiger partial charge in [-0.05, 0) is 37.1 Å². The third-order valence-electron chi connectivity index (χ3n) is 4.02. The first kappa shape index (κ1) is 17.0. The van der Waals surface area contributed by atoms with Crippen LogP contribution in [0.2, 0.25) is 10.0 Å². The highest BCUT2D eigenvalue weighted by Gasteiger charge is 2.26.